The van der Waals surface area contributed by atoms with Gasteiger partial charge in [0.25, 0.3) is 5.92 Å². The summed E-state index contributed by atoms with van der Waals surface area (Å²) in [6.45, 7) is 3.71. The number of rotatable bonds is 4. The molecule has 1 saturated heterocycles. The molecule has 3 nitrogen and oxygen atoms in total. The van der Waals surface area contributed by atoms with Gasteiger partial charge in [-0.05, 0) is 29.3 Å². The maximum Gasteiger partial charge on any atom is 0.251 e. The summed E-state index contributed by atoms with van der Waals surface area (Å²) in [5.74, 6) is -2.51. The van der Waals surface area contributed by atoms with E-state index in [0.717, 1.165) is 43.0 Å². The van der Waals surface area contributed by atoms with E-state index in [1.54, 1.807) is 0 Å². The number of alkyl halides is 2. The number of hydrogen-bond donors (Lipinski definition) is 0. The average molecular weight is 420 g/mol. The van der Waals surface area contributed by atoms with Gasteiger partial charge < -0.3 is 4.90 Å². The zero-order valence-electron chi connectivity index (χ0n) is 17.6. The second-order valence-corrected chi connectivity index (χ2v) is 8.64. The number of benzene rings is 2. The Morgan fingerprint density at radius 1 is 0.839 bits per heavy atom. The molecule has 1 aromatic heterocycles. The lowest BCUT2D eigenvalue weighted by molar-refractivity contribution is -0.0220. The molecule has 0 unspecified atom stereocenters. The van der Waals surface area contributed by atoms with Crippen molar-refractivity contribution in [2.75, 3.05) is 24.5 Å². The molecular formula is C26H27F2N3. The molecule has 3 aromatic rings. The minimum Gasteiger partial charge on any atom is -0.371 e. The van der Waals surface area contributed by atoms with Crippen molar-refractivity contribution in [3.8, 4) is 11.3 Å². The molecule has 5 rings (SSSR count). The lowest BCUT2D eigenvalue weighted by Gasteiger charge is -2.33. The van der Waals surface area contributed by atoms with Gasteiger partial charge in [0.05, 0.1) is 5.69 Å². The first-order chi connectivity index (χ1) is 15.1. The smallest absolute Gasteiger partial charge is 0.251 e. The van der Waals surface area contributed by atoms with Crippen LogP contribution in [0.25, 0.3) is 11.3 Å². The fraction of sp³-hybridized carbons (Fsp3) is 0.346. The van der Waals surface area contributed by atoms with Crippen LogP contribution in [0.15, 0.2) is 66.7 Å². The number of piperidine rings is 1. The standard InChI is InChI=1S/C26H27F2N3/c27-26(28)13-16-31(17-14-26)23-9-6-21(7-10-23)24-11-8-22-19-30(15-12-25(22)29-24)18-20-4-2-1-3-5-20/h1-11H,12-19H2. The van der Waals surface area contributed by atoms with Gasteiger partial charge in [0.15, 0.2) is 0 Å². The molecule has 0 atom stereocenters. The van der Waals surface area contributed by atoms with E-state index in [1.165, 1.54) is 16.8 Å². The Kier molecular flexibility index (Phi) is 5.45. The molecular weight excluding hydrogens is 392 g/mol. The van der Waals surface area contributed by atoms with Crippen molar-refractivity contribution in [3.63, 3.8) is 0 Å². The predicted molar refractivity (Wildman–Crippen MR) is 120 cm³/mol. The summed E-state index contributed by atoms with van der Waals surface area (Å²) in [5, 5.41) is 0. The monoisotopic (exact) mass is 419 g/mol. The van der Waals surface area contributed by atoms with Gasteiger partial charge in [0.1, 0.15) is 0 Å². The number of hydrogen-bond acceptors (Lipinski definition) is 3. The maximum absolute atomic E-state index is 13.4. The summed E-state index contributed by atoms with van der Waals surface area (Å²) in [6.07, 6.45) is 0.820. The number of aromatic nitrogens is 1. The molecule has 0 amide bonds. The Morgan fingerprint density at radius 2 is 1.58 bits per heavy atom. The molecule has 0 N–H and O–H groups in total. The van der Waals surface area contributed by atoms with Gasteiger partial charge in [-0.3, -0.25) is 9.88 Å². The summed E-state index contributed by atoms with van der Waals surface area (Å²) in [5.41, 5.74) is 6.88. The Balaban J connectivity index is 1.26. The van der Waals surface area contributed by atoms with Gasteiger partial charge in [-0.15, -0.1) is 0 Å². The van der Waals surface area contributed by atoms with Gasteiger partial charge in [-0.2, -0.15) is 0 Å². The molecule has 3 heterocycles. The van der Waals surface area contributed by atoms with Crippen molar-refractivity contribution in [2.45, 2.75) is 38.3 Å². The Bertz CT molecular complexity index is 1020. The van der Waals surface area contributed by atoms with Crippen molar-refractivity contribution in [1.82, 2.24) is 9.88 Å². The van der Waals surface area contributed by atoms with Gasteiger partial charge >= 0.3 is 0 Å². The van der Waals surface area contributed by atoms with Gasteiger partial charge in [0.2, 0.25) is 0 Å². The van der Waals surface area contributed by atoms with E-state index in [1.807, 2.05) is 17.0 Å². The van der Waals surface area contributed by atoms with Crippen molar-refractivity contribution in [2.24, 2.45) is 0 Å². The SMILES string of the molecule is FC1(F)CCN(c2ccc(-c3ccc4c(n3)CCN(Cc3ccccc3)C4)cc2)CC1. The van der Waals surface area contributed by atoms with Crippen LogP contribution < -0.4 is 4.90 Å². The molecule has 0 saturated carbocycles. The van der Waals surface area contributed by atoms with E-state index in [4.69, 9.17) is 4.98 Å². The lowest BCUT2D eigenvalue weighted by Crippen LogP contribution is -2.39. The van der Waals surface area contributed by atoms with E-state index in [-0.39, 0.29) is 12.8 Å². The minimum atomic E-state index is -2.51. The Morgan fingerprint density at radius 3 is 2.32 bits per heavy atom. The van der Waals surface area contributed by atoms with Crippen molar-refractivity contribution < 1.29 is 8.78 Å². The van der Waals surface area contributed by atoms with Crippen molar-refractivity contribution >= 4 is 5.69 Å². The molecule has 0 aliphatic carbocycles. The minimum absolute atomic E-state index is 0.0670. The molecule has 160 valence electrons. The van der Waals surface area contributed by atoms with Gasteiger partial charge in [-0.25, -0.2) is 8.78 Å². The van der Waals surface area contributed by atoms with Crippen LogP contribution in [0.4, 0.5) is 14.5 Å². The fourth-order valence-electron chi connectivity index (χ4n) is 4.55. The first-order valence-corrected chi connectivity index (χ1v) is 11.0. The number of fused-ring (bicyclic) bond motifs is 1. The third kappa shape index (κ3) is 4.62. The van der Waals surface area contributed by atoms with E-state index < -0.39 is 5.92 Å². The normalized spacial score (nSPS) is 18.6. The second kappa shape index (κ2) is 8.39. The summed E-state index contributed by atoms with van der Waals surface area (Å²) in [4.78, 5) is 9.46. The lowest BCUT2D eigenvalue weighted by atomic mass is 10.0. The molecule has 2 aromatic carbocycles. The second-order valence-electron chi connectivity index (χ2n) is 8.64. The highest BCUT2D eigenvalue weighted by Crippen LogP contribution is 2.31. The quantitative estimate of drug-likeness (QED) is 0.553. The highest BCUT2D eigenvalue weighted by molar-refractivity contribution is 5.64. The number of halogens is 2. The van der Waals surface area contributed by atoms with Crippen LogP contribution in [-0.4, -0.2) is 35.4 Å². The zero-order valence-corrected chi connectivity index (χ0v) is 17.6. The summed E-state index contributed by atoms with van der Waals surface area (Å²) >= 11 is 0. The third-order valence-electron chi connectivity index (χ3n) is 6.40. The predicted octanol–water partition coefficient (Wildman–Crippen LogP) is 5.54. The van der Waals surface area contributed by atoms with E-state index in [9.17, 15) is 8.78 Å². The molecule has 2 aliphatic rings. The first-order valence-electron chi connectivity index (χ1n) is 11.0. The number of pyridine rings is 1. The molecule has 0 spiro atoms. The van der Waals surface area contributed by atoms with Crippen LogP contribution in [-0.2, 0) is 19.5 Å². The van der Waals surface area contributed by atoms with E-state index in [2.05, 4.69) is 59.5 Å². The largest absolute Gasteiger partial charge is 0.371 e. The molecule has 0 radical (unpaired) electrons. The van der Waals surface area contributed by atoms with Crippen LogP contribution in [0.5, 0.6) is 0 Å². The van der Waals surface area contributed by atoms with Gasteiger partial charge in [-0.1, -0.05) is 48.5 Å². The summed E-state index contributed by atoms with van der Waals surface area (Å²) in [6, 6.07) is 23.1. The van der Waals surface area contributed by atoms with Crippen LogP contribution in [0.3, 0.4) is 0 Å². The zero-order chi connectivity index (χ0) is 21.3. The summed E-state index contributed by atoms with van der Waals surface area (Å²) < 4.78 is 26.8. The van der Waals surface area contributed by atoms with E-state index >= 15 is 0 Å². The number of anilines is 1. The van der Waals surface area contributed by atoms with Crippen LogP contribution in [0.2, 0.25) is 0 Å². The third-order valence-corrected chi connectivity index (χ3v) is 6.40. The van der Waals surface area contributed by atoms with E-state index in [0.29, 0.717) is 13.1 Å². The molecule has 31 heavy (non-hydrogen) atoms. The Hall–Kier alpha value is -2.79. The average Bonchev–Trinajstić information content (AvgIpc) is 2.80. The highest BCUT2D eigenvalue weighted by Gasteiger charge is 2.34. The highest BCUT2D eigenvalue weighted by atomic mass is 19.3. The molecule has 5 heteroatoms. The topological polar surface area (TPSA) is 19.4 Å². The fourth-order valence-corrected chi connectivity index (χ4v) is 4.55. The first kappa shape index (κ1) is 20.1. The Labute approximate surface area is 182 Å². The molecule has 0 bridgehead atoms. The van der Waals surface area contributed by atoms with Crippen LogP contribution >= 0.6 is 0 Å². The van der Waals surface area contributed by atoms with Crippen LogP contribution in [0.1, 0.15) is 29.7 Å². The van der Waals surface area contributed by atoms with Crippen LogP contribution in [0, 0.1) is 0 Å². The molecule has 2 aliphatic heterocycles. The van der Waals surface area contributed by atoms with Crippen molar-refractivity contribution in [1.29, 1.82) is 0 Å². The van der Waals surface area contributed by atoms with Crippen molar-refractivity contribution in [3.05, 3.63) is 83.6 Å². The molecule has 1 fully saturated rings. The van der Waals surface area contributed by atoms with Gasteiger partial charge in [0, 0.05) is 68.9 Å². The summed E-state index contributed by atoms with van der Waals surface area (Å²) in [7, 11) is 0. The maximum atomic E-state index is 13.4. The number of nitrogens with zero attached hydrogens (tertiary/aromatic N) is 3.